The van der Waals surface area contributed by atoms with Gasteiger partial charge in [-0.2, -0.15) is 0 Å². The fourth-order valence-electron chi connectivity index (χ4n) is 10.3. The molecule has 12 rings (SSSR count). The first-order valence-electron chi connectivity index (χ1n) is 21.8. The molecule has 0 aliphatic carbocycles. The number of aromatic nitrogens is 2. The minimum absolute atomic E-state index is 1.12. The number of nitrogens with zero attached hydrogens (tertiary/aromatic N) is 2. The van der Waals surface area contributed by atoms with Gasteiger partial charge in [0.05, 0.1) is 27.8 Å². The van der Waals surface area contributed by atoms with Gasteiger partial charge in [0.1, 0.15) is 0 Å². The van der Waals surface area contributed by atoms with Crippen LogP contribution in [0.15, 0.2) is 255 Å². The zero-order valence-corrected chi connectivity index (χ0v) is 35.6. The molecule has 0 saturated heterocycles. The third kappa shape index (κ3) is 5.93. The molecular formula is C60H42N2Si. The van der Waals surface area contributed by atoms with E-state index in [4.69, 9.17) is 0 Å². The van der Waals surface area contributed by atoms with E-state index in [0.717, 1.165) is 11.4 Å². The van der Waals surface area contributed by atoms with E-state index in [1.54, 1.807) is 0 Å². The summed E-state index contributed by atoms with van der Waals surface area (Å²) in [6, 6.07) is 94.3. The maximum absolute atomic E-state index is 2.82. The van der Waals surface area contributed by atoms with E-state index in [9.17, 15) is 0 Å². The smallest absolute Gasteiger partial charge is 0.179 e. The van der Waals surface area contributed by atoms with Gasteiger partial charge in [-0.1, -0.05) is 218 Å². The van der Waals surface area contributed by atoms with Crippen LogP contribution in [0.1, 0.15) is 0 Å². The third-order valence-corrected chi connectivity index (χ3v) is 17.9. The highest BCUT2D eigenvalue weighted by Crippen LogP contribution is 2.41. The van der Waals surface area contributed by atoms with Crippen molar-refractivity contribution in [2.45, 2.75) is 0 Å². The van der Waals surface area contributed by atoms with Gasteiger partial charge in [0.15, 0.2) is 8.07 Å². The zero-order valence-electron chi connectivity index (χ0n) is 34.6. The number of rotatable bonds is 8. The largest absolute Gasteiger partial charge is 0.307 e. The van der Waals surface area contributed by atoms with Crippen molar-refractivity contribution in [3.05, 3.63) is 255 Å². The van der Waals surface area contributed by atoms with Crippen LogP contribution < -0.4 is 20.7 Å². The lowest BCUT2D eigenvalue weighted by Crippen LogP contribution is -2.74. The van der Waals surface area contributed by atoms with Crippen LogP contribution >= 0.6 is 0 Å². The van der Waals surface area contributed by atoms with Gasteiger partial charge in [-0.05, 0) is 79.4 Å². The lowest BCUT2D eigenvalue weighted by Gasteiger charge is -2.34. The van der Waals surface area contributed by atoms with Gasteiger partial charge < -0.3 is 9.13 Å². The molecule has 0 saturated carbocycles. The molecule has 2 nitrogen and oxygen atoms in total. The summed E-state index contributed by atoms with van der Waals surface area (Å²) in [5.74, 6) is 0. The molecule has 296 valence electrons. The highest BCUT2D eigenvalue weighted by molar-refractivity contribution is 7.20. The van der Waals surface area contributed by atoms with E-state index in [1.807, 2.05) is 0 Å². The van der Waals surface area contributed by atoms with Crippen LogP contribution in [0.25, 0.3) is 77.2 Å². The Morgan fingerprint density at radius 1 is 0.254 bits per heavy atom. The normalized spacial score (nSPS) is 11.8. The SMILES string of the molecule is c1ccc(-c2ccc(-n3c4cc(-c5ccccc5)ccc4c4cccc(-n5c6ccccc6c6ccc([Si](c7ccccc7)(c7ccccc7)c7ccccc7)cc65)c43)cc2)cc1. The molecule has 0 bridgehead atoms. The predicted octanol–water partition coefficient (Wildman–Crippen LogP) is 12.6. The Labute approximate surface area is 368 Å². The molecule has 0 atom stereocenters. The Morgan fingerprint density at radius 2 is 0.698 bits per heavy atom. The van der Waals surface area contributed by atoms with Gasteiger partial charge in [-0.3, -0.25) is 0 Å². The Kier molecular flexibility index (Phi) is 8.87. The van der Waals surface area contributed by atoms with E-state index in [-0.39, 0.29) is 0 Å². The Hall–Kier alpha value is -7.98. The van der Waals surface area contributed by atoms with Crippen LogP contribution in [0.3, 0.4) is 0 Å². The van der Waals surface area contributed by atoms with Crippen LogP contribution in [-0.2, 0) is 0 Å². The lowest BCUT2D eigenvalue weighted by molar-refractivity contribution is 1.13. The van der Waals surface area contributed by atoms with E-state index < -0.39 is 8.07 Å². The minimum atomic E-state index is -2.82. The van der Waals surface area contributed by atoms with Gasteiger partial charge in [-0.25, -0.2) is 0 Å². The fourth-order valence-corrected chi connectivity index (χ4v) is 15.0. The number of benzene rings is 10. The van der Waals surface area contributed by atoms with E-state index >= 15 is 0 Å². The van der Waals surface area contributed by atoms with Crippen molar-refractivity contribution in [1.82, 2.24) is 9.13 Å². The van der Waals surface area contributed by atoms with Crippen LogP contribution in [-0.4, -0.2) is 17.2 Å². The van der Waals surface area contributed by atoms with Crippen molar-refractivity contribution >= 4 is 72.4 Å². The first-order valence-corrected chi connectivity index (χ1v) is 23.8. The van der Waals surface area contributed by atoms with Crippen LogP contribution in [0.5, 0.6) is 0 Å². The predicted molar refractivity (Wildman–Crippen MR) is 270 cm³/mol. The maximum atomic E-state index is 2.54. The average molecular weight is 819 g/mol. The summed E-state index contributed by atoms with van der Waals surface area (Å²) in [7, 11) is -2.82. The summed E-state index contributed by atoms with van der Waals surface area (Å²) in [6.45, 7) is 0. The van der Waals surface area contributed by atoms with Gasteiger partial charge in [0.25, 0.3) is 0 Å². The molecule has 0 aliphatic heterocycles. The van der Waals surface area contributed by atoms with Crippen molar-refractivity contribution in [1.29, 1.82) is 0 Å². The third-order valence-electron chi connectivity index (χ3n) is 13.1. The molecule has 3 heteroatoms. The highest BCUT2D eigenvalue weighted by atomic mass is 28.3. The number of fused-ring (bicyclic) bond motifs is 6. The van der Waals surface area contributed by atoms with E-state index in [1.165, 1.54) is 86.6 Å². The number of hydrogen-bond acceptors (Lipinski definition) is 0. The molecule has 0 radical (unpaired) electrons. The highest BCUT2D eigenvalue weighted by Gasteiger charge is 2.41. The molecule has 0 N–H and O–H groups in total. The average Bonchev–Trinajstić information content (AvgIpc) is 3.88. The second-order valence-corrected chi connectivity index (χ2v) is 20.3. The van der Waals surface area contributed by atoms with Crippen LogP contribution in [0.2, 0.25) is 0 Å². The molecular weight excluding hydrogens is 777 g/mol. The van der Waals surface area contributed by atoms with E-state index in [0.29, 0.717) is 0 Å². The maximum Gasteiger partial charge on any atom is 0.179 e. The van der Waals surface area contributed by atoms with Gasteiger partial charge in [0, 0.05) is 27.2 Å². The topological polar surface area (TPSA) is 9.86 Å². The summed E-state index contributed by atoms with van der Waals surface area (Å²) in [5.41, 5.74) is 11.8. The zero-order chi connectivity index (χ0) is 41.7. The quantitative estimate of drug-likeness (QED) is 0.107. The number of para-hydroxylation sites is 2. The van der Waals surface area contributed by atoms with Crippen LogP contribution in [0, 0.1) is 0 Å². The van der Waals surface area contributed by atoms with Crippen molar-refractivity contribution in [2.24, 2.45) is 0 Å². The summed E-state index contributed by atoms with van der Waals surface area (Å²) >= 11 is 0. The fraction of sp³-hybridized carbons (Fsp3) is 0. The van der Waals surface area contributed by atoms with Gasteiger partial charge in [0.2, 0.25) is 0 Å². The van der Waals surface area contributed by atoms with Crippen molar-refractivity contribution in [2.75, 3.05) is 0 Å². The number of hydrogen-bond donors (Lipinski definition) is 0. The summed E-state index contributed by atoms with van der Waals surface area (Å²) in [4.78, 5) is 0. The molecule has 63 heavy (non-hydrogen) atoms. The van der Waals surface area contributed by atoms with Crippen molar-refractivity contribution in [3.8, 4) is 33.6 Å². The lowest BCUT2D eigenvalue weighted by atomic mass is 10.0. The molecule has 0 amide bonds. The second kappa shape index (κ2) is 15.2. The standard InChI is InChI=1S/C60H42N2Si/c1-6-19-43(20-7-1)45-33-36-47(37-34-45)61-58-41-46(44-21-8-2-9-22-44)35-39-54(58)55-30-18-32-57(60(55)61)62-56-31-17-16-29-52(56)53-40-38-51(42-59(53)62)63(48-23-10-3-11-24-48,49-25-12-4-13-26-49)50-27-14-5-15-28-50/h1-42H. The molecule has 0 spiro atoms. The Balaban J connectivity index is 1.18. The summed E-state index contributed by atoms with van der Waals surface area (Å²) < 4.78 is 5.05. The Morgan fingerprint density at radius 3 is 1.32 bits per heavy atom. The first kappa shape index (κ1) is 36.8. The van der Waals surface area contributed by atoms with Gasteiger partial charge >= 0.3 is 0 Å². The second-order valence-electron chi connectivity index (χ2n) is 16.5. The van der Waals surface area contributed by atoms with Crippen molar-refractivity contribution in [3.63, 3.8) is 0 Å². The molecule has 2 aromatic heterocycles. The molecule has 10 aromatic carbocycles. The van der Waals surface area contributed by atoms with Crippen molar-refractivity contribution < 1.29 is 0 Å². The Bertz CT molecular complexity index is 3480. The molecule has 0 unspecified atom stereocenters. The van der Waals surface area contributed by atoms with Crippen LogP contribution in [0.4, 0.5) is 0 Å². The molecule has 2 heterocycles. The van der Waals surface area contributed by atoms with E-state index in [2.05, 4.69) is 264 Å². The summed E-state index contributed by atoms with van der Waals surface area (Å²) in [5, 5.41) is 10.4. The molecule has 0 fully saturated rings. The first-order chi connectivity index (χ1) is 31.3. The van der Waals surface area contributed by atoms with Gasteiger partial charge in [-0.15, -0.1) is 0 Å². The monoisotopic (exact) mass is 818 g/mol. The summed E-state index contributed by atoms with van der Waals surface area (Å²) in [6.07, 6.45) is 0. The minimum Gasteiger partial charge on any atom is -0.307 e. The molecule has 0 aliphatic rings. The molecule has 12 aromatic rings.